The van der Waals surface area contributed by atoms with Gasteiger partial charge in [0.25, 0.3) is 0 Å². The third kappa shape index (κ3) is 3.37. The number of hydrogen-bond acceptors (Lipinski definition) is 3. The van der Waals surface area contributed by atoms with Gasteiger partial charge in [-0.05, 0) is 55.9 Å². The minimum absolute atomic E-state index is 0.0180. The fraction of sp³-hybridized carbons (Fsp3) is 0.619. The first kappa shape index (κ1) is 17.5. The molecule has 1 amide bonds. The predicted octanol–water partition coefficient (Wildman–Crippen LogP) is 2.54. The van der Waals surface area contributed by atoms with Crippen molar-refractivity contribution in [2.75, 3.05) is 19.6 Å². The topological polar surface area (TPSA) is 69.6 Å². The summed E-state index contributed by atoms with van der Waals surface area (Å²) in [7, 11) is 0. The molecule has 2 unspecified atom stereocenters. The second-order valence-electron chi connectivity index (χ2n) is 8.52. The SMILES string of the molecule is Cc1cccc(C2CCN(C(=O)C3NCC4(CC4)CC3C(=O)O)CC2)c1. The van der Waals surface area contributed by atoms with Crippen LogP contribution in [0.3, 0.4) is 0 Å². The van der Waals surface area contributed by atoms with Crippen molar-refractivity contribution in [1.29, 1.82) is 0 Å². The first-order chi connectivity index (χ1) is 12.5. The molecule has 2 heterocycles. The molecule has 1 aromatic rings. The average Bonchev–Trinajstić information content (AvgIpc) is 3.40. The number of aryl methyl sites for hydroxylation is 1. The van der Waals surface area contributed by atoms with Crippen LogP contribution in [0, 0.1) is 18.3 Å². The van der Waals surface area contributed by atoms with Crippen molar-refractivity contribution in [3.05, 3.63) is 35.4 Å². The summed E-state index contributed by atoms with van der Waals surface area (Å²) in [5.41, 5.74) is 2.77. The molecule has 2 saturated heterocycles. The second-order valence-corrected chi connectivity index (χ2v) is 8.52. The van der Waals surface area contributed by atoms with Crippen molar-refractivity contribution in [1.82, 2.24) is 10.2 Å². The number of amides is 1. The Morgan fingerprint density at radius 3 is 2.58 bits per heavy atom. The van der Waals surface area contributed by atoms with Crippen molar-refractivity contribution < 1.29 is 14.7 Å². The number of nitrogens with one attached hydrogen (secondary N) is 1. The van der Waals surface area contributed by atoms with Crippen molar-refractivity contribution >= 4 is 11.9 Å². The van der Waals surface area contributed by atoms with E-state index in [0.29, 0.717) is 25.4 Å². The van der Waals surface area contributed by atoms with E-state index in [1.54, 1.807) is 0 Å². The van der Waals surface area contributed by atoms with E-state index in [4.69, 9.17) is 0 Å². The lowest BCUT2D eigenvalue weighted by Gasteiger charge is -2.39. The van der Waals surface area contributed by atoms with Crippen LogP contribution in [0.1, 0.15) is 49.1 Å². The second kappa shape index (κ2) is 6.69. The highest BCUT2D eigenvalue weighted by Crippen LogP contribution is 2.52. The minimum atomic E-state index is -0.837. The summed E-state index contributed by atoms with van der Waals surface area (Å²) in [5.74, 6) is -0.955. The number of carboxylic acids is 1. The van der Waals surface area contributed by atoms with E-state index in [0.717, 1.165) is 32.2 Å². The maximum Gasteiger partial charge on any atom is 0.308 e. The van der Waals surface area contributed by atoms with Crippen LogP contribution < -0.4 is 5.32 Å². The normalized spacial score (nSPS) is 28.1. The zero-order valence-electron chi connectivity index (χ0n) is 15.4. The van der Waals surface area contributed by atoms with Crippen LogP contribution in [-0.2, 0) is 9.59 Å². The van der Waals surface area contributed by atoms with E-state index in [1.807, 2.05) is 4.90 Å². The Hall–Kier alpha value is -1.88. The van der Waals surface area contributed by atoms with Crippen molar-refractivity contribution in [2.45, 2.75) is 51.0 Å². The molecule has 2 N–H and O–H groups in total. The molecular formula is C21H28N2O3. The smallest absolute Gasteiger partial charge is 0.308 e. The highest BCUT2D eigenvalue weighted by molar-refractivity contribution is 5.88. The third-order valence-electron chi connectivity index (χ3n) is 6.61. The van der Waals surface area contributed by atoms with Gasteiger partial charge in [-0.1, -0.05) is 29.8 Å². The zero-order chi connectivity index (χ0) is 18.3. The highest BCUT2D eigenvalue weighted by Gasteiger charge is 2.52. The fourth-order valence-electron chi connectivity index (χ4n) is 4.73. The van der Waals surface area contributed by atoms with Crippen LogP contribution in [-0.4, -0.2) is 47.6 Å². The molecule has 3 fully saturated rings. The van der Waals surface area contributed by atoms with Crippen LogP contribution >= 0.6 is 0 Å². The standard InChI is InChI=1S/C21H28N2O3/c1-14-3-2-4-16(11-14)15-5-9-23(10-6-15)19(24)18-17(20(25)26)12-21(7-8-21)13-22-18/h2-4,11,15,17-18,22H,5-10,12-13H2,1H3,(H,25,26). The Bertz CT molecular complexity index is 705. The van der Waals surface area contributed by atoms with E-state index >= 15 is 0 Å². The molecule has 1 aromatic carbocycles. The lowest BCUT2D eigenvalue weighted by molar-refractivity contribution is -0.151. The van der Waals surface area contributed by atoms with Gasteiger partial charge in [-0.3, -0.25) is 9.59 Å². The fourth-order valence-corrected chi connectivity index (χ4v) is 4.73. The highest BCUT2D eigenvalue weighted by atomic mass is 16.4. The van der Waals surface area contributed by atoms with Crippen LogP contribution in [0.2, 0.25) is 0 Å². The van der Waals surface area contributed by atoms with Gasteiger partial charge in [0.1, 0.15) is 6.04 Å². The number of rotatable bonds is 3. The number of carbonyl (C=O) groups is 2. The predicted molar refractivity (Wildman–Crippen MR) is 98.9 cm³/mol. The van der Waals surface area contributed by atoms with Crippen molar-refractivity contribution in [3.8, 4) is 0 Å². The summed E-state index contributed by atoms with van der Waals surface area (Å²) in [5, 5.41) is 12.9. The monoisotopic (exact) mass is 356 g/mol. The Balaban J connectivity index is 1.39. The van der Waals surface area contributed by atoms with E-state index in [2.05, 4.69) is 36.5 Å². The number of likely N-dealkylation sites (tertiary alicyclic amines) is 1. The minimum Gasteiger partial charge on any atom is -0.481 e. The van der Waals surface area contributed by atoms with Gasteiger partial charge in [0.05, 0.1) is 5.92 Å². The van der Waals surface area contributed by atoms with Crippen LogP contribution in [0.5, 0.6) is 0 Å². The number of benzene rings is 1. The zero-order valence-corrected chi connectivity index (χ0v) is 15.4. The molecule has 5 heteroatoms. The Kier molecular flexibility index (Phi) is 4.51. The molecule has 4 rings (SSSR count). The molecule has 1 saturated carbocycles. The molecule has 0 bridgehead atoms. The van der Waals surface area contributed by atoms with Gasteiger partial charge in [0, 0.05) is 19.6 Å². The third-order valence-corrected chi connectivity index (χ3v) is 6.61. The summed E-state index contributed by atoms with van der Waals surface area (Å²) >= 11 is 0. The number of piperidine rings is 2. The molecule has 26 heavy (non-hydrogen) atoms. The molecule has 0 radical (unpaired) electrons. The summed E-state index contributed by atoms with van der Waals surface area (Å²) in [6.45, 7) is 4.32. The maximum atomic E-state index is 13.0. The molecular weight excluding hydrogens is 328 g/mol. The molecule has 2 aliphatic heterocycles. The van der Waals surface area contributed by atoms with E-state index in [-0.39, 0.29) is 11.3 Å². The van der Waals surface area contributed by atoms with Gasteiger partial charge >= 0.3 is 5.97 Å². The summed E-state index contributed by atoms with van der Waals surface area (Å²) in [6, 6.07) is 8.05. The van der Waals surface area contributed by atoms with Crippen molar-refractivity contribution in [2.24, 2.45) is 11.3 Å². The van der Waals surface area contributed by atoms with Gasteiger partial charge < -0.3 is 15.3 Å². The van der Waals surface area contributed by atoms with E-state index < -0.39 is 17.9 Å². The van der Waals surface area contributed by atoms with Gasteiger partial charge in [-0.2, -0.15) is 0 Å². The molecule has 1 spiro atoms. The van der Waals surface area contributed by atoms with Crippen molar-refractivity contribution in [3.63, 3.8) is 0 Å². The van der Waals surface area contributed by atoms with E-state index in [1.165, 1.54) is 11.1 Å². The molecule has 1 aliphatic carbocycles. The van der Waals surface area contributed by atoms with Crippen LogP contribution in [0.15, 0.2) is 24.3 Å². The summed E-state index contributed by atoms with van der Waals surface area (Å²) < 4.78 is 0. The number of carbonyl (C=O) groups excluding carboxylic acids is 1. The number of aliphatic carboxylic acids is 1. The number of carboxylic acid groups (broad SMARTS) is 1. The van der Waals surface area contributed by atoms with E-state index in [9.17, 15) is 14.7 Å². The van der Waals surface area contributed by atoms with Crippen LogP contribution in [0.25, 0.3) is 0 Å². The lowest BCUT2D eigenvalue weighted by Crippen LogP contribution is -2.58. The Labute approximate surface area is 154 Å². The Morgan fingerprint density at radius 2 is 1.96 bits per heavy atom. The molecule has 2 atom stereocenters. The number of hydrogen-bond donors (Lipinski definition) is 2. The summed E-state index contributed by atoms with van der Waals surface area (Å²) in [4.78, 5) is 26.6. The first-order valence-corrected chi connectivity index (χ1v) is 9.79. The van der Waals surface area contributed by atoms with Gasteiger partial charge in [-0.25, -0.2) is 0 Å². The summed E-state index contributed by atoms with van der Waals surface area (Å²) in [6.07, 6.45) is 4.72. The van der Waals surface area contributed by atoms with Gasteiger partial charge in [0.15, 0.2) is 0 Å². The molecule has 5 nitrogen and oxygen atoms in total. The largest absolute Gasteiger partial charge is 0.481 e. The Morgan fingerprint density at radius 1 is 1.23 bits per heavy atom. The molecule has 0 aromatic heterocycles. The molecule has 140 valence electrons. The quantitative estimate of drug-likeness (QED) is 0.873. The maximum absolute atomic E-state index is 13.0. The average molecular weight is 356 g/mol. The van der Waals surface area contributed by atoms with Crippen LogP contribution in [0.4, 0.5) is 0 Å². The lowest BCUT2D eigenvalue weighted by atomic mass is 9.81. The number of nitrogens with zero attached hydrogens (tertiary/aromatic N) is 1. The first-order valence-electron chi connectivity index (χ1n) is 9.79. The molecule has 3 aliphatic rings. The van der Waals surface area contributed by atoms with Gasteiger partial charge in [0.2, 0.25) is 5.91 Å². The van der Waals surface area contributed by atoms with Gasteiger partial charge in [-0.15, -0.1) is 0 Å².